The molecule has 1 atom stereocenters. The molecule has 2 heterocycles. The summed E-state index contributed by atoms with van der Waals surface area (Å²) >= 11 is 0. The van der Waals surface area contributed by atoms with E-state index in [0.717, 1.165) is 39.1 Å². The van der Waals surface area contributed by atoms with Crippen LogP contribution < -0.4 is 5.32 Å². The van der Waals surface area contributed by atoms with E-state index in [9.17, 15) is 4.79 Å². The van der Waals surface area contributed by atoms with Crippen molar-refractivity contribution in [2.75, 3.05) is 46.5 Å². The van der Waals surface area contributed by atoms with Crippen molar-refractivity contribution in [1.82, 2.24) is 10.2 Å². The molecule has 0 bridgehead atoms. The van der Waals surface area contributed by atoms with Crippen LogP contribution >= 0.6 is 0 Å². The van der Waals surface area contributed by atoms with Crippen LogP contribution in [0, 0.1) is 5.92 Å². The number of amides is 1. The highest BCUT2D eigenvalue weighted by Crippen LogP contribution is 2.18. The fraction of sp³-hybridized carbons (Fsp3) is 0.917. The van der Waals surface area contributed by atoms with Crippen LogP contribution in [-0.2, 0) is 14.3 Å². The lowest BCUT2D eigenvalue weighted by Gasteiger charge is -2.35. The van der Waals surface area contributed by atoms with Gasteiger partial charge in [-0.25, -0.2) is 0 Å². The third-order valence-corrected chi connectivity index (χ3v) is 3.53. The van der Waals surface area contributed by atoms with Gasteiger partial charge in [0.05, 0.1) is 6.61 Å². The molecule has 0 aromatic rings. The molecular weight excluding hydrogens is 220 g/mol. The summed E-state index contributed by atoms with van der Waals surface area (Å²) in [5.41, 5.74) is 0. The van der Waals surface area contributed by atoms with Gasteiger partial charge in [0.1, 0.15) is 6.10 Å². The Morgan fingerprint density at radius 1 is 1.47 bits per heavy atom. The Hall–Kier alpha value is -0.650. The summed E-state index contributed by atoms with van der Waals surface area (Å²) in [6.45, 7) is 4.62. The van der Waals surface area contributed by atoms with Crippen molar-refractivity contribution in [2.24, 2.45) is 5.92 Å². The topological polar surface area (TPSA) is 50.8 Å². The first-order valence-corrected chi connectivity index (χ1v) is 6.41. The fourth-order valence-electron chi connectivity index (χ4n) is 2.48. The minimum atomic E-state index is -0.275. The zero-order valence-corrected chi connectivity index (χ0v) is 10.5. The van der Waals surface area contributed by atoms with Gasteiger partial charge in [-0.15, -0.1) is 0 Å². The number of piperidine rings is 1. The number of hydrogen-bond acceptors (Lipinski definition) is 4. The van der Waals surface area contributed by atoms with E-state index in [0.29, 0.717) is 19.1 Å². The molecule has 17 heavy (non-hydrogen) atoms. The minimum Gasteiger partial charge on any atom is -0.384 e. The van der Waals surface area contributed by atoms with Crippen molar-refractivity contribution in [3.05, 3.63) is 0 Å². The smallest absolute Gasteiger partial charge is 0.253 e. The Labute approximate surface area is 102 Å². The molecule has 0 aromatic carbocycles. The first-order chi connectivity index (χ1) is 8.31. The molecule has 0 aliphatic carbocycles. The maximum Gasteiger partial charge on any atom is 0.253 e. The second-order valence-electron chi connectivity index (χ2n) is 4.79. The number of methoxy groups -OCH3 is 1. The average Bonchev–Trinajstić information content (AvgIpc) is 2.40. The Morgan fingerprint density at radius 3 is 2.82 bits per heavy atom. The number of rotatable bonds is 3. The molecule has 98 valence electrons. The lowest BCUT2D eigenvalue weighted by molar-refractivity contribution is -0.146. The van der Waals surface area contributed by atoms with Crippen LogP contribution in [0.5, 0.6) is 0 Å². The largest absolute Gasteiger partial charge is 0.384 e. The molecule has 2 fully saturated rings. The predicted molar refractivity (Wildman–Crippen MR) is 63.8 cm³/mol. The molecule has 0 saturated carbocycles. The lowest BCUT2D eigenvalue weighted by Crippen LogP contribution is -2.51. The number of nitrogens with one attached hydrogen (secondary N) is 1. The first-order valence-electron chi connectivity index (χ1n) is 6.41. The number of carbonyl (C=O) groups is 1. The van der Waals surface area contributed by atoms with E-state index in [1.54, 1.807) is 7.11 Å². The highest BCUT2D eigenvalue weighted by molar-refractivity contribution is 5.81. The number of hydrogen-bond donors (Lipinski definition) is 1. The van der Waals surface area contributed by atoms with Crippen LogP contribution in [0.25, 0.3) is 0 Å². The molecule has 1 N–H and O–H groups in total. The zero-order chi connectivity index (χ0) is 12.1. The summed E-state index contributed by atoms with van der Waals surface area (Å²) < 4.78 is 10.6. The molecule has 2 rings (SSSR count). The van der Waals surface area contributed by atoms with E-state index in [-0.39, 0.29) is 12.0 Å². The Kier molecular flexibility index (Phi) is 4.76. The summed E-state index contributed by atoms with van der Waals surface area (Å²) in [7, 11) is 1.74. The third-order valence-electron chi connectivity index (χ3n) is 3.53. The quantitative estimate of drug-likeness (QED) is 0.748. The SMILES string of the molecule is COCC1CCN(C(=O)C2CNCCO2)CC1. The van der Waals surface area contributed by atoms with E-state index >= 15 is 0 Å². The highest BCUT2D eigenvalue weighted by atomic mass is 16.5. The van der Waals surface area contributed by atoms with Gasteiger partial charge >= 0.3 is 0 Å². The van der Waals surface area contributed by atoms with E-state index < -0.39 is 0 Å². The molecule has 0 radical (unpaired) electrons. The number of ether oxygens (including phenoxy) is 2. The predicted octanol–water partition coefficient (Wildman–Crippen LogP) is -0.140. The summed E-state index contributed by atoms with van der Waals surface area (Å²) in [4.78, 5) is 14.1. The Morgan fingerprint density at radius 2 is 2.24 bits per heavy atom. The van der Waals surface area contributed by atoms with Crippen molar-refractivity contribution in [3.8, 4) is 0 Å². The lowest BCUT2D eigenvalue weighted by atomic mass is 9.97. The fourth-order valence-corrected chi connectivity index (χ4v) is 2.48. The van der Waals surface area contributed by atoms with E-state index in [1.807, 2.05) is 4.90 Å². The zero-order valence-electron chi connectivity index (χ0n) is 10.5. The summed E-state index contributed by atoms with van der Waals surface area (Å²) in [6, 6.07) is 0. The van der Waals surface area contributed by atoms with Gasteiger partial charge in [0, 0.05) is 39.9 Å². The van der Waals surface area contributed by atoms with E-state index in [2.05, 4.69) is 5.32 Å². The Bertz CT molecular complexity index is 246. The average molecular weight is 242 g/mol. The minimum absolute atomic E-state index is 0.146. The van der Waals surface area contributed by atoms with Gasteiger partial charge in [-0.05, 0) is 18.8 Å². The van der Waals surface area contributed by atoms with Crippen molar-refractivity contribution >= 4 is 5.91 Å². The molecule has 0 aromatic heterocycles. The van der Waals surface area contributed by atoms with Crippen LogP contribution in [0.15, 0.2) is 0 Å². The maximum absolute atomic E-state index is 12.1. The molecule has 2 saturated heterocycles. The summed E-state index contributed by atoms with van der Waals surface area (Å²) in [5.74, 6) is 0.752. The second-order valence-corrected chi connectivity index (χ2v) is 4.79. The van der Waals surface area contributed by atoms with Crippen LogP contribution in [0.4, 0.5) is 0 Å². The molecule has 1 amide bonds. The second kappa shape index (κ2) is 6.33. The molecular formula is C12H22N2O3. The normalized spacial score (nSPS) is 27.1. The molecule has 2 aliphatic rings. The van der Waals surface area contributed by atoms with Gasteiger partial charge in [-0.1, -0.05) is 0 Å². The van der Waals surface area contributed by atoms with Crippen molar-refractivity contribution < 1.29 is 14.3 Å². The van der Waals surface area contributed by atoms with Crippen molar-refractivity contribution in [2.45, 2.75) is 18.9 Å². The first kappa shape index (κ1) is 12.8. The number of carbonyl (C=O) groups excluding carboxylic acids is 1. The molecule has 5 heteroatoms. The van der Waals surface area contributed by atoms with Gasteiger partial charge in [0.2, 0.25) is 0 Å². The molecule has 5 nitrogen and oxygen atoms in total. The third kappa shape index (κ3) is 3.40. The maximum atomic E-state index is 12.1. The van der Waals surface area contributed by atoms with Crippen LogP contribution in [0.1, 0.15) is 12.8 Å². The summed E-state index contributed by atoms with van der Waals surface area (Å²) in [6.07, 6.45) is 1.81. The molecule has 2 aliphatic heterocycles. The number of likely N-dealkylation sites (tertiary alicyclic amines) is 1. The van der Waals surface area contributed by atoms with Crippen LogP contribution in [0.2, 0.25) is 0 Å². The van der Waals surface area contributed by atoms with Crippen LogP contribution in [0.3, 0.4) is 0 Å². The van der Waals surface area contributed by atoms with Crippen molar-refractivity contribution in [1.29, 1.82) is 0 Å². The monoisotopic (exact) mass is 242 g/mol. The molecule has 0 spiro atoms. The molecule has 1 unspecified atom stereocenters. The van der Waals surface area contributed by atoms with Gasteiger partial charge in [-0.2, -0.15) is 0 Å². The van der Waals surface area contributed by atoms with Gasteiger partial charge in [0.15, 0.2) is 0 Å². The standard InChI is InChI=1S/C12H22N2O3/c1-16-9-10-2-5-14(6-3-10)12(15)11-8-13-4-7-17-11/h10-11,13H,2-9H2,1H3. The van der Waals surface area contributed by atoms with Gasteiger partial charge in [-0.3, -0.25) is 4.79 Å². The number of nitrogens with zero attached hydrogens (tertiary/aromatic N) is 1. The van der Waals surface area contributed by atoms with E-state index in [1.165, 1.54) is 0 Å². The van der Waals surface area contributed by atoms with Crippen LogP contribution in [-0.4, -0.2) is 63.4 Å². The Balaban J connectivity index is 1.77. The van der Waals surface area contributed by atoms with Gasteiger partial charge < -0.3 is 19.7 Å². The summed E-state index contributed by atoms with van der Waals surface area (Å²) in [5, 5.41) is 3.19. The van der Waals surface area contributed by atoms with Crippen molar-refractivity contribution in [3.63, 3.8) is 0 Å². The number of morpholine rings is 1. The van der Waals surface area contributed by atoms with E-state index in [4.69, 9.17) is 9.47 Å². The van der Waals surface area contributed by atoms with Gasteiger partial charge in [0.25, 0.3) is 5.91 Å². The highest BCUT2D eigenvalue weighted by Gasteiger charge is 2.29.